The van der Waals surface area contributed by atoms with Crippen molar-refractivity contribution < 1.29 is 4.58 Å². The van der Waals surface area contributed by atoms with Crippen molar-refractivity contribution in [3.05, 3.63) is 71.3 Å². The van der Waals surface area contributed by atoms with Crippen molar-refractivity contribution in [2.45, 2.75) is 19.5 Å². The molecule has 0 radical (unpaired) electrons. The molecule has 0 bridgehead atoms. The normalized spacial score (nSPS) is 15.6. The van der Waals surface area contributed by atoms with Gasteiger partial charge < -0.3 is 0 Å². The molecule has 3 rings (SSSR count). The molecule has 0 aliphatic carbocycles. The van der Waals surface area contributed by atoms with Gasteiger partial charge in [-0.05, 0) is 18.6 Å². The first-order chi connectivity index (χ1) is 8.77. The van der Waals surface area contributed by atoms with Crippen molar-refractivity contribution in [1.29, 1.82) is 0 Å². The van der Waals surface area contributed by atoms with E-state index < -0.39 is 0 Å². The average Bonchev–Trinajstić information content (AvgIpc) is 2.77. The van der Waals surface area contributed by atoms with Crippen LogP contribution < -0.4 is 5.73 Å². The molecular weight excluding hydrogens is 220 g/mol. The highest BCUT2D eigenvalue weighted by Gasteiger charge is 2.28. The van der Waals surface area contributed by atoms with E-state index in [0.29, 0.717) is 6.04 Å². The molecule has 0 saturated carbocycles. The summed E-state index contributed by atoms with van der Waals surface area (Å²) in [6.45, 7) is 3.10. The highest BCUT2D eigenvalue weighted by atomic mass is 15.1. The highest BCUT2D eigenvalue weighted by Crippen LogP contribution is 2.24. The van der Waals surface area contributed by atoms with E-state index in [-0.39, 0.29) is 0 Å². The minimum Gasteiger partial charge on any atom is -0.287 e. The quantitative estimate of drug-likeness (QED) is 0.799. The highest BCUT2D eigenvalue weighted by molar-refractivity contribution is 5.96. The minimum absolute atomic E-state index is 0.304. The lowest BCUT2D eigenvalue weighted by molar-refractivity contribution is -0.580. The Morgan fingerprint density at radius 2 is 1.67 bits per heavy atom. The van der Waals surface area contributed by atoms with Gasteiger partial charge in [0.15, 0.2) is 0 Å². The number of hydrogen-bond acceptors (Lipinski definition) is 1. The molecule has 18 heavy (non-hydrogen) atoms. The number of rotatable bonds is 2. The van der Waals surface area contributed by atoms with E-state index in [9.17, 15) is 0 Å². The maximum atomic E-state index is 6.27. The van der Waals surface area contributed by atoms with Gasteiger partial charge in [0.1, 0.15) is 12.6 Å². The van der Waals surface area contributed by atoms with Crippen molar-refractivity contribution in [2.75, 3.05) is 0 Å². The predicted octanol–water partition coefficient (Wildman–Crippen LogP) is 2.68. The Hall–Kier alpha value is -2.09. The Bertz CT molecular complexity index is 600. The summed E-state index contributed by atoms with van der Waals surface area (Å²) in [4.78, 5) is 0. The molecule has 2 aromatic carbocycles. The summed E-state index contributed by atoms with van der Waals surface area (Å²) in [6, 6.07) is 19.2. The zero-order valence-corrected chi connectivity index (χ0v) is 10.5. The average molecular weight is 237 g/mol. The lowest BCUT2D eigenvalue weighted by atomic mass is 10.1. The molecule has 2 heteroatoms. The van der Waals surface area contributed by atoms with Gasteiger partial charge in [0.25, 0.3) is 5.84 Å². The van der Waals surface area contributed by atoms with Crippen LogP contribution in [0.2, 0.25) is 0 Å². The second-order valence-electron chi connectivity index (χ2n) is 4.76. The first kappa shape index (κ1) is 11.0. The lowest BCUT2D eigenvalue weighted by Gasteiger charge is -2.13. The zero-order valence-electron chi connectivity index (χ0n) is 10.5. The van der Waals surface area contributed by atoms with E-state index in [0.717, 1.165) is 12.4 Å². The molecule has 0 saturated heterocycles. The summed E-state index contributed by atoms with van der Waals surface area (Å²) in [6.07, 6.45) is 0. The van der Waals surface area contributed by atoms with Crippen LogP contribution in [0.25, 0.3) is 0 Å². The molecule has 2 N–H and O–H groups in total. The number of fused-ring (bicyclic) bond motifs is 1. The molecule has 2 aromatic rings. The van der Waals surface area contributed by atoms with Crippen molar-refractivity contribution >= 4 is 5.84 Å². The molecule has 1 aliphatic rings. The SMILES string of the molecule is CC(c1ccccc1)[N+]1=C(N)c2ccccc2C1. The van der Waals surface area contributed by atoms with Crippen LogP contribution in [0.1, 0.15) is 29.7 Å². The van der Waals surface area contributed by atoms with E-state index in [1.165, 1.54) is 16.7 Å². The van der Waals surface area contributed by atoms with E-state index in [1.54, 1.807) is 0 Å². The van der Waals surface area contributed by atoms with Gasteiger partial charge in [-0.25, -0.2) is 0 Å². The zero-order chi connectivity index (χ0) is 12.5. The first-order valence-electron chi connectivity index (χ1n) is 6.29. The number of nitrogens with zero attached hydrogens (tertiary/aromatic N) is 1. The molecule has 0 spiro atoms. The number of hydrogen-bond donors (Lipinski definition) is 1. The van der Waals surface area contributed by atoms with Gasteiger partial charge in [-0.2, -0.15) is 0 Å². The molecule has 1 unspecified atom stereocenters. The monoisotopic (exact) mass is 237 g/mol. The van der Waals surface area contributed by atoms with Crippen molar-refractivity contribution in [2.24, 2.45) is 5.73 Å². The minimum atomic E-state index is 0.304. The van der Waals surface area contributed by atoms with Crippen LogP contribution in [-0.2, 0) is 6.54 Å². The van der Waals surface area contributed by atoms with Crippen LogP contribution in [0.4, 0.5) is 0 Å². The van der Waals surface area contributed by atoms with Crippen molar-refractivity contribution in [3.8, 4) is 0 Å². The van der Waals surface area contributed by atoms with Gasteiger partial charge in [-0.1, -0.05) is 48.5 Å². The molecule has 0 aromatic heterocycles. The molecular formula is C16H17N2+. The Kier molecular flexibility index (Phi) is 2.63. The molecule has 1 aliphatic heterocycles. The second kappa shape index (κ2) is 4.30. The van der Waals surface area contributed by atoms with E-state index in [1.807, 2.05) is 12.1 Å². The largest absolute Gasteiger partial charge is 0.287 e. The summed E-state index contributed by atoms with van der Waals surface area (Å²) in [7, 11) is 0. The van der Waals surface area contributed by atoms with Crippen LogP contribution in [0, 0.1) is 0 Å². The third kappa shape index (κ3) is 1.70. The summed E-state index contributed by atoms with van der Waals surface area (Å²) in [5, 5.41) is 0. The first-order valence-corrected chi connectivity index (χ1v) is 6.29. The topological polar surface area (TPSA) is 29.0 Å². The maximum absolute atomic E-state index is 6.27. The van der Waals surface area contributed by atoms with Gasteiger partial charge >= 0.3 is 0 Å². The molecule has 0 fully saturated rings. The molecule has 2 nitrogen and oxygen atoms in total. The standard InChI is InChI=1S/C16H16N2/c1-12(13-7-3-2-4-8-13)18-11-14-9-5-6-10-15(14)16(18)17/h2-10,12,17H,11H2,1H3/p+1. The second-order valence-corrected chi connectivity index (χ2v) is 4.76. The van der Waals surface area contributed by atoms with E-state index >= 15 is 0 Å². The fourth-order valence-electron chi connectivity index (χ4n) is 2.59. The van der Waals surface area contributed by atoms with Crippen molar-refractivity contribution in [3.63, 3.8) is 0 Å². The number of nitrogens with two attached hydrogens (primary N) is 1. The molecule has 1 heterocycles. The third-order valence-electron chi connectivity index (χ3n) is 3.69. The van der Waals surface area contributed by atoms with Gasteiger partial charge in [0.2, 0.25) is 0 Å². The molecule has 90 valence electrons. The Morgan fingerprint density at radius 3 is 2.39 bits per heavy atom. The summed E-state index contributed by atoms with van der Waals surface area (Å²) >= 11 is 0. The summed E-state index contributed by atoms with van der Waals surface area (Å²) in [5.41, 5.74) is 10.1. The third-order valence-corrected chi connectivity index (χ3v) is 3.69. The van der Waals surface area contributed by atoms with Crippen LogP contribution in [0.5, 0.6) is 0 Å². The summed E-state index contributed by atoms with van der Waals surface area (Å²) < 4.78 is 2.26. The fourth-order valence-corrected chi connectivity index (χ4v) is 2.59. The van der Waals surface area contributed by atoms with Crippen LogP contribution in [0.3, 0.4) is 0 Å². The molecule has 1 atom stereocenters. The van der Waals surface area contributed by atoms with E-state index in [4.69, 9.17) is 5.73 Å². The fraction of sp³-hybridized carbons (Fsp3) is 0.188. The Morgan fingerprint density at radius 1 is 1.00 bits per heavy atom. The van der Waals surface area contributed by atoms with Crippen LogP contribution in [0.15, 0.2) is 54.6 Å². The Labute approximate surface area is 107 Å². The molecule has 0 amide bonds. The number of benzene rings is 2. The van der Waals surface area contributed by atoms with Gasteiger partial charge in [-0.15, -0.1) is 0 Å². The van der Waals surface area contributed by atoms with Gasteiger partial charge in [-0.3, -0.25) is 10.3 Å². The number of amidine groups is 1. The van der Waals surface area contributed by atoms with Crippen LogP contribution in [-0.4, -0.2) is 10.4 Å². The predicted molar refractivity (Wildman–Crippen MR) is 73.6 cm³/mol. The lowest BCUT2D eigenvalue weighted by Crippen LogP contribution is -2.25. The summed E-state index contributed by atoms with van der Waals surface area (Å²) in [5.74, 6) is 0.891. The van der Waals surface area contributed by atoms with Gasteiger partial charge in [0, 0.05) is 5.56 Å². The van der Waals surface area contributed by atoms with Crippen molar-refractivity contribution in [1.82, 2.24) is 0 Å². The van der Waals surface area contributed by atoms with E-state index in [2.05, 4.69) is 54.0 Å². The van der Waals surface area contributed by atoms with Gasteiger partial charge in [0.05, 0.1) is 5.56 Å². The maximum Gasteiger partial charge on any atom is 0.276 e. The Balaban J connectivity index is 1.99. The van der Waals surface area contributed by atoms with Crippen LogP contribution >= 0.6 is 0 Å². The smallest absolute Gasteiger partial charge is 0.276 e.